The van der Waals surface area contributed by atoms with Crippen LogP contribution in [-0.4, -0.2) is 12.6 Å². The second kappa shape index (κ2) is 20.5. The van der Waals surface area contributed by atoms with Gasteiger partial charge in [-0.2, -0.15) is 0 Å². The van der Waals surface area contributed by atoms with Gasteiger partial charge in [0, 0.05) is 5.57 Å². The third kappa shape index (κ3) is 18.0. The molecule has 0 aliphatic heterocycles. The first-order valence-corrected chi connectivity index (χ1v) is 11.6. The molecule has 0 heterocycles. The lowest BCUT2D eigenvalue weighted by Crippen LogP contribution is -2.07. The molecule has 26 heavy (non-hydrogen) atoms. The van der Waals surface area contributed by atoms with E-state index in [-0.39, 0.29) is 5.97 Å². The van der Waals surface area contributed by atoms with E-state index in [1.165, 1.54) is 96.3 Å². The van der Waals surface area contributed by atoms with E-state index in [2.05, 4.69) is 19.9 Å². The lowest BCUT2D eigenvalue weighted by Gasteiger charge is -2.05. The molecule has 2 nitrogen and oxygen atoms in total. The zero-order valence-corrected chi connectivity index (χ0v) is 18.1. The van der Waals surface area contributed by atoms with Crippen molar-refractivity contribution >= 4 is 5.97 Å². The first-order chi connectivity index (χ1) is 12.7. The molecule has 0 unspecified atom stereocenters. The van der Waals surface area contributed by atoms with Crippen molar-refractivity contribution in [1.29, 1.82) is 0 Å². The molecule has 0 bridgehead atoms. The average Bonchev–Trinajstić information content (AvgIpc) is 2.65. The third-order valence-electron chi connectivity index (χ3n) is 5.06. The molecule has 0 aliphatic rings. The highest BCUT2D eigenvalue weighted by Gasteiger charge is 2.04. The van der Waals surface area contributed by atoms with E-state index in [9.17, 15) is 4.79 Å². The van der Waals surface area contributed by atoms with Crippen molar-refractivity contribution < 1.29 is 9.53 Å². The highest BCUT2D eigenvalue weighted by atomic mass is 16.5. The predicted molar refractivity (Wildman–Crippen MR) is 115 cm³/mol. The first kappa shape index (κ1) is 25.2. The summed E-state index contributed by atoms with van der Waals surface area (Å²) < 4.78 is 5.38. The van der Waals surface area contributed by atoms with E-state index >= 15 is 0 Å². The highest BCUT2D eigenvalue weighted by molar-refractivity contribution is 5.87. The van der Waals surface area contributed by atoms with Crippen LogP contribution >= 0.6 is 0 Å². The second-order valence-electron chi connectivity index (χ2n) is 7.76. The van der Waals surface area contributed by atoms with E-state index in [0.717, 1.165) is 18.4 Å². The molecule has 0 aromatic carbocycles. The van der Waals surface area contributed by atoms with Crippen molar-refractivity contribution in [2.75, 3.05) is 6.61 Å². The number of ether oxygens (including phenoxy) is 1. The maximum absolute atomic E-state index is 11.9. The quantitative estimate of drug-likeness (QED) is 0.131. The summed E-state index contributed by atoms with van der Waals surface area (Å²) in [5, 5.41) is 0. The van der Waals surface area contributed by atoms with Crippen molar-refractivity contribution in [3.63, 3.8) is 0 Å². The first-order valence-electron chi connectivity index (χ1n) is 11.6. The molecule has 0 atom stereocenters. The lowest BCUT2D eigenvalue weighted by molar-refractivity contribution is -0.139. The number of rotatable bonds is 19. The molecule has 0 aromatic rings. The van der Waals surface area contributed by atoms with Crippen LogP contribution in [0, 0.1) is 0 Å². The van der Waals surface area contributed by atoms with Crippen LogP contribution in [0.4, 0.5) is 0 Å². The zero-order chi connectivity index (χ0) is 19.3. The molecule has 2 heteroatoms. The van der Waals surface area contributed by atoms with Crippen molar-refractivity contribution in [1.82, 2.24) is 0 Å². The summed E-state index contributed by atoms with van der Waals surface area (Å²) in [6, 6.07) is 0. The molecule has 0 amide bonds. The molecular formula is C24H46O2. The number of carbonyl (C=O) groups is 1. The monoisotopic (exact) mass is 366 g/mol. The van der Waals surface area contributed by atoms with Gasteiger partial charge in [0.05, 0.1) is 6.61 Å². The van der Waals surface area contributed by atoms with Crippen molar-refractivity contribution in [3.8, 4) is 0 Å². The fourth-order valence-corrected chi connectivity index (χ4v) is 3.19. The highest BCUT2D eigenvalue weighted by Crippen LogP contribution is 2.11. The molecule has 0 aliphatic carbocycles. The van der Waals surface area contributed by atoms with Gasteiger partial charge in [-0.15, -0.1) is 0 Å². The largest absolute Gasteiger partial charge is 0.462 e. The Hall–Kier alpha value is -0.790. The van der Waals surface area contributed by atoms with Gasteiger partial charge >= 0.3 is 5.97 Å². The van der Waals surface area contributed by atoms with Gasteiger partial charge in [-0.05, 0) is 26.2 Å². The van der Waals surface area contributed by atoms with Gasteiger partial charge in [0.2, 0.25) is 0 Å². The molecule has 0 aromatic heterocycles. The summed E-state index contributed by atoms with van der Waals surface area (Å²) in [4.78, 5) is 11.9. The summed E-state index contributed by atoms with van der Waals surface area (Å²) >= 11 is 0. The number of hydrogen-bond acceptors (Lipinski definition) is 2. The van der Waals surface area contributed by atoms with Gasteiger partial charge in [0.25, 0.3) is 0 Å². The standard InChI is InChI=1S/C24H46O2/c1-4-6-8-10-12-14-16-18-20-22-26-24(25)23(3)21-19-17-15-13-11-9-7-5-2/h21H,4-20,22H2,1-3H3. The lowest BCUT2D eigenvalue weighted by atomic mass is 10.1. The average molecular weight is 367 g/mol. The summed E-state index contributed by atoms with van der Waals surface area (Å²) in [7, 11) is 0. The van der Waals surface area contributed by atoms with Gasteiger partial charge < -0.3 is 4.74 Å². The molecule has 0 saturated heterocycles. The Morgan fingerprint density at radius 3 is 1.58 bits per heavy atom. The topological polar surface area (TPSA) is 26.3 Å². The smallest absolute Gasteiger partial charge is 0.333 e. The number of carbonyl (C=O) groups excluding carboxylic acids is 1. The molecular weight excluding hydrogens is 320 g/mol. The van der Waals surface area contributed by atoms with Crippen LogP contribution in [0.15, 0.2) is 11.6 Å². The number of unbranched alkanes of at least 4 members (excludes halogenated alkanes) is 15. The van der Waals surface area contributed by atoms with E-state index in [1.54, 1.807) is 0 Å². The Morgan fingerprint density at radius 1 is 0.654 bits per heavy atom. The van der Waals surface area contributed by atoms with Gasteiger partial charge in [0.15, 0.2) is 0 Å². The van der Waals surface area contributed by atoms with Crippen LogP contribution in [-0.2, 0) is 9.53 Å². The molecule has 0 rings (SSSR count). The predicted octanol–water partition coefficient (Wildman–Crippen LogP) is 8.15. The molecule has 0 saturated carbocycles. The zero-order valence-electron chi connectivity index (χ0n) is 18.1. The van der Waals surface area contributed by atoms with E-state index in [0.29, 0.717) is 6.61 Å². The molecule has 0 N–H and O–H groups in total. The van der Waals surface area contributed by atoms with Crippen molar-refractivity contribution in [2.45, 2.75) is 130 Å². The molecule has 0 spiro atoms. The number of hydrogen-bond donors (Lipinski definition) is 0. The maximum Gasteiger partial charge on any atom is 0.333 e. The van der Waals surface area contributed by atoms with Gasteiger partial charge in [-0.25, -0.2) is 4.79 Å². The van der Waals surface area contributed by atoms with Crippen molar-refractivity contribution in [3.05, 3.63) is 11.6 Å². The minimum atomic E-state index is -0.118. The minimum Gasteiger partial charge on any atom is -0.462 e. The third-order valence-corrected chi connectivity index (χ3v) is 5.06. The normalized spacial score (nSPS) is 11.7. The van der Waals surface area contributed by atoms with Gasteiger partial charge in [0.1, 0.15) is 0 Å². The van der Waals surface area contributed by atoms with Crippen LogP contribution in [0.3, 0.4) is 0 Å². The van der Waals surface area contributed by atoms with Crippen LogP contribution in [0.5, 0.6) is 0 Å². The molecule has 0 radical (unpaired) electrons. The van der Waals surface area contributed by atoms with Crippen LogP contribution in [0.1, 0.15) is 130 Å². The Balaban J connectivity index is 3.44. The van der Waals surface area contributed by atoms with E-state index in [1.807, 2.05) is 6.92 Å². The number of allylic oxidation sites excluding steroid dienone is 1. The van der Waals surface area contributed by atoms with Crippen LogP contribution in [0.25, 0.3) is 0 Å². The van der Waals surface area contributed by atoms with Gasteiger partial charge in [-0.3, -0.25) is 0 Å². The fraction of sp³-hybridized carbons (Fsp3) is 0.875. The van der Waals surface area contributed by atoms with E-state index < -0.39 is 0 Å². The van der Waals surface area contributed by atoms with Crippen molar-refractivity contribution in [2.24, 2.45) is 0 Å². The summed E-state index contributed by atoms with van der Waals surface area (Å²) in [5.41, 5.74) is 0.784. The Labute approximate surface area is 164 Å². The minimum absolute atomic E-state index is 0.118. The number of esters is 1. The fourth-order valence-electron chi connectivity index (χ4n) is 3.19. The Kier molecular flexibility index (Phi) is 19.9. The Bertz CT molecular complexity index is 333. The summed E-state index contributed by atoms with van der Waals surface area (Å²) in [6.45, 7) is 6.98. The molecule has 154 valence electrons. The van der Waals surface area contributed by atoms with Crippen LogP contribution < -0.4 is 0 Å². The maximum atomic E-state index is 11.9. The van der Waals surface area contributed by atoms with E-state index in [4.69, 9.17) is 4.74 Å². The SMILES string of the molecule is CCCCCCCCCC=C(C)C(=O)OCCCCCCCCCCC. The van der Waals surface area contributed by atoms with Gasteiger partial charge in [-0.1, -0.05) is 110 Å². The Morgan fingerprint density at radius 2 is 1.08 bits per heavy atom. The molecule has 0 fully saturated rings. The second-order valence-corrected chi connectivity index (χ2v) is 7.76. The van der Waals surface area contributed by atoms with Crippen LogP contribution in [0.2, 0.25) is 0 Å². The summed E-state index contributed by atoms with van der Waals surface area (Å²) in [6.07, 6.45) is 23.9. The summed E-state index contributed by atoms with van der Waals surface area (Å²) in [5.74, 6) is -0.118.